The molecule has 0 radical (unpaired) electrons. The second kappa shape index (κ2) is 14.9. The third-order valence-corrected chi connectivity index (χ3v) is 8.27. The number of nitrogens with zero attached hydrogens (tertiary/aromatic N) is 3. The molecule has 3 heterocycles. The number of carbonyl (C=O) groups excluding carboxylic acids is 1. The largest absolute Gasteiger partial charge is 0.433 e. The van der Waals surface area contributed by atoms with Crippen molar-refractivity contribution in [3.05, 3.63) is 53.5 Å². The summed E-state index contributed by atoms with van der Waals surface area (Å²) >= 11 is 7.38. The van der Waals surface area contributed by atoms with Crippen LogP contribution in [0, 0.1) is 0 Å². The van der Waals surface area contributed by atoms with Gasteiger partial charge >= 0.3 is 0 Å². The number of rotatable bonds is 13. The van der Waals surface area contributed by atoms with E-state index < -0.39 is 10.8 Å². The van der Waals surface area contributed by atoms with Crippen LogP contribution in [0.3, 0.4) is 0 Å². The number of benzene rings is 1. The molecular formula is C27H32ClN3O6S2. The standard InChI is InChI=1S/C27H32ClN3O6S2/c1-34-13-14-35-15-16-36-18-24(32)31-11-9-20(10-12-31)26-30-25(19-3-6-22(7-4-19)39(2)33)27(37-26)38-23-8-5-21(28)17-29-23/h3-8,17,20H,9-16,18H2,1-2H3. The quantitative estimate of drug-likeness (QED) is 0.262. The molecule has 210 valence electrons. The first kappa shape index (κ1) is 29.7. The molecule has 1 amide bonds. The Kier molecular flexibility index (Phi) is 11.4. The first-order valence-electron chi connectivity index (χ1n) is 12.6. The molecule has 4 rings (SSSR count). The summed E-state index contributed by atoms with van der Waals surface area (Å²) in [6.07, 6.45) is 4.72. The van der Waals surface area contributed by atoms with E-state index in [0.29, 0.717) is 61.2 Å². The topological polar surface area (TPSA) is 104 Å². The number of hydrogen-bond acceptors (Lipinski definition) is 9. The van der Waals surface area contributed by atoms with Crippen LogP contribution in [-0.4, -0.2) is 84.5 Å². The Balaban J connectivity index is 1.39. The number of halogens is 1. The van der Waals surface area contributed by atoms with Crippen LogP contribution in [0.15, 0.2) is 62.0 Å². The average Bonchev–Trinajstić information content (AvgIpc) is 3.37. The summed E-state index contributed by atoms with van der Waals surface area (Å²) in [7, 11) is 0.553. The van der Waals surface area contributed by atoms with Crippen LogP contribution in [0.25, 0.3) is 11.3 Å². The maximum Gasteiger partial charge on any atom is 0.248 e. The minimum absolute atomic E-state index is 0.0307. The molecular weight excluding hydrogens is 562 g/mol. The fraction of sp³-hybridized carbons (Fsp3) is 0.444. The van der Waals surface area contributed by atoms with Crippen LogP contribution in [0.4, 0.5) is 0 Å². The van der Waals surface area contributed by atoms with E-state index in [9.17, 15) is 9.00 Å². The summed E-state index contributed by atoms with van der Waals surface area (Å²) in [5, 5.41) is 1.92. The molecule has 1 fully saturated rings. The highest BCUT2D eigenvalue weighted by molar-refractivity contribution is 7.99. The summed E-state index contributed by atoms with van der Waals surface area (Å²) in [6.45, 7) is 3.07. The number of amides is 1. The van der Waals surface area contributed by atoms with Crippen molar-refractivity contribution in [1.82, 2.24) is 14.9 Å². The van der Waals surface area contributed by atoms with Gasteiger partial charge in [0.15, 0.2) is 11.0 Å². The summed E-state index contributed by atoms with van der Waals surface area (Å²) in [6, 6.07) is 11.1. The Labute approximate surface area is 240 Å². The number of likely N-dealkylation sites (tertiary alicyclic amines) is 1. The van der Waals surface area contributed by atoms with Gasteiger partial charge in [-0.3, -0.25) is 9.00 Å². The number of methoxy groups -OCH3 is 1. The van der Waals surface area contributed by atoms with E-state index in [1.807, 2.05) is 35.2 Å². The highest BCUT2D eigenvalue weighted by Gasteiger charge is 2.29. The lowest BCUT2D eigenvalue weighted by atomic mass is 9.97. The van der Waals surface area contributed by atoms with E-state index in [2.05, 4.69) is 4.98 Å². The van der Waals surface area contributed by atoms with Gasteiger partial charge in [0.2, 0.25) is 5.91 Å². The summed E-state index contributed by atoms with van der Waals surface area (Å²) in [4.78, 5) is 24.4. The van der Waals surface area contributed by atoms with Gasteiger partial charge in [-0.15, -0.1) is 0 Å². The third-order valence-electron chi connectivity index (χ3n) is 6.20. The highest BCUT2D eigenvalue weighted by Crippen LogP contribution is 2.39. The number of carbonyl (C=O) groups is 1. The molecule has 1 aliphatic heterocycles. The van der Waals surface area contributed by atoms with Crippen molar-refractivity contribution in [2.75, 3.05) is 59.5 Å². The molecule has 12 heteroatoms. The van der Waals surface area contributed by atoms with Crippen molar-refractivity contribution in [3.8, 4) is 11.3 Å². The Morgan fingerprint density at radius 2 is 1.82 bits per heavy atom. The number of piperidine rings is 1. The molecule has 0 spiro atoms. The van der Waals surface area contributed by atoms with Gasteiger partial charge in [-0.05, 0) is 48.9 Å². The third kappa shape index (κ3) is 8.60. The normalized spacial score (nSPS) is 15.0. The van der Waals surface area contributed by atoms with E-state index in [4.69, 9.17) is 35.2 Å². The molecule has 1 atom stereocenters. The van der Waals surface area contributed by atoms with Crippen LogP contribution < -0.4 is 0 Å². The Morgan fingerprint density at radius 3 is 2.49 bits per heavy atom. The lowest BCUT2D eigenvalue weighted by molar-refractivity contribution is -0.137. The van der Waals surface area contributed by atoms with Crippen molar-refractivity contribution >= 4 is 40.1 Å². The molecule has 0 bridgehead atoms. The fourth-order valence-corrected chi connectivity index (χ4v) is 5.51. The van der Waals surface area contributed by atoms with Gasteiger partial charge in [-0.2, -0.15) is 0 Å². The van der Waals surface area contributed by atoms with E-state index in [0.717, 1.165) is 28.3 Å². The van der Waals surface area contributed by atoms with Crippen molar-refractivity contribution in [2.45, 2.75) is 33.8 Å². The molecule has 0 aliphatic carbocycles. The molecule has 1 unspecified atom stereocenters. The molecule has 9 nitrogen and oxygen atoms in total. The molecule has 0 saturated carbocycles. The van der Waals surface area contributed by atoms with Crippen LogP contribution in [0.5, 0.6) is 0 Å². The maximum absolute atomic E-state index is 12.6. The zero-order valence-corrected chi connectivity index (χ0v) is 24.4. The second-order valence-electron chi connectivity index (χ2n) is 8.90. The van der Waals surface area contributed by atoms with Gasteiger partial charge in [0.25, 0.3) is 0 Å². The van der Waals surface area contributed by atoms with Crippen LogP contribution >= 0.6 is 23.4 Å². The second-order valence-corrected chi connectivity index (χ2v) is 11.7. The number of pyridine rings is 1. The lowest BCUT2D eigenvalue weighted by Crippen LogP contribution is -2.40. The number of hydrogen-bond donors (Lipinski definition) is 0. The van der Waals surface area contributed by atoms with E-state index in [1.165, 1.54) is 11.8 Å². The maximum atomic E-state index is 12.6. The molecule has 39 heavy (non-hydrogen) atoms. The molecule has 2 aromatic heterocycles. The zero-order valence-electron chi connectivity index (χ0n) is 22.0. The molecule has 1 aliphatic rings. The average molecular weight is 594 g/mol. The minimum Gasteiger partial charge on any atom is -0.433 e. The van der Waals surface area contributed by atoms with Crippen molar-refractivity contribution in [2.24, 2.45) is 0 Å². The first-order chi connectivity index (χ1) is 18.9. The van der Waals surface area contributed by atoms with E-state index in [-0.39, 0.29) is 18.4 Å². The van der Waals surface area contributed by atoms with Crippen molar-refractivity contribution < 1.29 is 27.6 Å². The summed E-state index contributed by atoms with van der Waals surface area (Å²) in [5.41, 5.74) is 1.58. The van der Waals surface area contributed by atoms with E-state index in [1.54, 1.807) is 25.6 Å². The highest BCUT2D eigenvalue weighted by atomic mass is 35.5. The number of aromatic nitrogens is 2. The van der Waals surface area contributed by atoms with E-state index >= 15 is 0 Å². The molecule has 0 N–H and O–H groups in total. The smallest absolute Gasteiger partial charge is 0.248 e. The first-order valence-corrected chi connectivity index (χ1v) is 15.4. The van der Waals surface area contributed by atoms with Gasteiger partial charge in [-0.25, -0.2) is 9.97 Å². The van der Waals surface area contributed by atoms with Gasteiger partial charge < -0.3 is 23.5 Å². The Bertz CT molecular complexity index is 1230. The Hall–Kier alpha value is -2.28. The molecule has 1 aromatic carbocycles. The van der Waals surface area contributed by atoms with Crippen LogP contribution in [0.2, 0.25) is 5.02 Å². The lowest BCUT2D eigenvalue weighted by Gasteiger charge is -2.30. The monoisotopic (exact) mass is 593 g/mol. The number of ether oxygens (including phenoxy) is 3. The predicted molar refractivity (Wildman–Crippen MR) is 150 cm³/mol. The summed E-state index contributed by atoms with van der Waals surface area (Å²) < 4.78 is 33.9. The zero-order chi connectivity index (χ0) is 27.6. The van der Waals surface area contributed by atoms with Crippen LogP contribution in [-0.2, 0) is 29.8 Å². The minimum atomic E-state index is -1.07. The predicted octanol–water partition coefficient (Wildman–Crippen LogP) is 4.66. The van der Waals surface area contributed by atoms with Crippen molar-refractivity contribution in [3.63, 3.8) is 0 Å². The van der Waals surface area contributed by atoms with Crippen molar-refractivity contribution in [1.29, 1.82) is 0 Å². The number of oxazole rings is 1. The van der Waals surface area contributed by atoms with Crippen LogP contribution in [0.1, 0.15) is 24.7 Å². The SMILES string of the molecule is COCCOCCOCC(=O)N1CCC(c2nc(-c3ccc(S(C)=O)cc3)c(Sc3ccc(Cl)cn3)o2)CC1. The summed E-state index contributed by atoms with van der Waals surface area (Å²) in [5.74, 6) is 0.691. The fourth-order valence-electron chi connectivity index (χ4n) is 4.06. The van der Waals surface area contributed by atoms with Gasteiger partial charge in [-0.1, -0.05) is 23.7 Å². The van der Waals surface area contributed by atoms with Gasteiger partial charge in [0, 0.05) is 59.8 Å². The van der Waals surface area contributed by atoms with Gasteiger partial charge in [0.1, 0.15) is 17.3 Å². The van der Waals surface area contributed by atoms with Gasteiger partial charge in [0.05, 0.1) is 31.5 Å². The molecule has 3 aromatic rings. The Morgan fingerprint density at radius 1 is 1.10 bits per heavy atom. The molecule has 1 saturated heterocycles.